The van der Waals surface area contributed by atoms with Crippen molar-refractivity contribution in [1.29, 1.82) is 0 Å². The average Bonchev–Trinajstić information content (AvgIpc) is 3.02. The summed E-state index contributed by atoms with van der Waals surface area (Å²) < 4.78 is 6.01. The molecule has 0 bridgehead atoms. The van der Waals surface area contributed by atoms with Gasteiger partial charge in [-0.3, -0.25) is 9.78 Å². The zero-order chi connectivity index (χ0) is 16.2. The van der Waals surface area contributed by atoms with E-state index in [2.05, 4.69) is 9.97 Å². The first-order chi connectivity index (χ1) is 11.1. The van der Waals surface area contributed by atoms with Gasteiger partial charge in [0.1, 0.15) is 11.4 Å². The van der Waals surface area contributed by atoms with Gasteiger partial charge in [-0.2, -0.15) is 0 Å². The van der Waals surface area contributed by atoms with Gasteiger partial charge in [0.2, 0.25) is 0 Å². The monoisotopic (exact) mass is 310 g/mol. The minimum Gasteiger partial charge on any atom is -0.490 e. The number of rotatable bonds is 5. The highest BCUT2D eigenvalue weighted by molar-refractivity contribution is 5.95. The van der Waals surface area contributed by atoms with Gasteiger partial charge in [-0.25, -0.2) is 4.98 Å². The average molecular weight is 310 g/mol. The van der Waals surface area contributed by atoms with Crippen molar-refractivity contribution in [3.8, 4) is 5.75 Å². The fourth-order valence-electron chi connectivity index (χ4n) is 2.90. The van der Waals surface area contributed by atoms with Crippen molar-refractivity contribution in [2.45, 2.75) is 52.1 Å². The number of ketones is 1. The summed E-state index contributed by atoms with van der Waals surface area (Å²) in [6.45, 7) is 3.87. The Hall–Kier alpha value is -2.23. The summed E-state index contributed by atoms with van der Waals surface area (Å²) in [5.41, 5.74) is 3.12. The molecule has 120 valence electrons. The molecule has 3 rings (SSSR count). The summed E-state index contributed by atoms with van der Waals surface area (Å²) in [5, 5.41) is 0. The fourth-order valence-corrected chi connectivity index (χ4v) is 2.90. The van der Waals surface area contributed by atoms with Gasteiger partial charge in [0.25, 0.3) is 0 Å². The maximum Gasteiger partial charge on any atom is 0.187 e. The molecular weight excluding hydrogens is 288 g/mol. The lowest BCUT2D eigenvalue weighted by Gasteiger charge is -2.14. The summed E-state index contributed by atoms with van der Waals surface area (Å²) in [6, 6.07) is 7.52. The third kappa shape index (κ3) is 4.15. The summed E-state index contributed by atoms with van der Waals surface area (Å²) >= 11 is 0. The molecular formula is C19H22N2O2. The Morgan fingerprint density at radius 2 is 2.00 bits per heavy atom. The van der Waals surface area contributed by atoms with E-state index in [1.165, 1.54) is 12.8 Å². The van der Waals surface area contributed by atoms with E-state index >= 15 is 0 Å². The Bertz CT molecular complexity index is 689. The number of carbonyl (C=O) groups is 1. The number of ether oxygens (including phenoxy) is 1. The maximum absolute atomic E-state index is 12.5. The van der Waals surface area contributed by atoms with Gasteiger partial charge < -0.3 is 4.74 Å². The Balaban J connectivity index is 1.74. The number of Topliss-reactive ketones (excluding diaryl/α,β-unsaturated/α-hetero) is 1. The van der Waals surface area contributed by atoms with Crippen molar-refractivity contribution in [1.82, 2.24) is 9.97 Å². The van der Waals surface area contributed by atoms with Gasteiger partial charge in [0.15, 0.2) is 5.78 Å². The van der Waals surface area contributed by atoms with Crippen LogP contribution in [-0.2, 0) is 6.42 Å². The van der Waals surface area contributed by atoms with E-state index in [1.54, 1.807) is 12.3 Å². The van der Waals surface area contributed by atoms with Crippen molar-refractivity contribution in [3.05, 3.63) is 53.1 Å². The molecule has 0 N–H and O–H groups in total. The Labute approximate surface area is 136 Å². The van der Waals surface area contributed by atoms with Crippen molar-refractivity contribution in [2.24, 2.45) is 0 Å². The standard InChI is InChI=1S/C19H22N2O2/c1-13-7-8-15(20-12-13)10-19(22)18-11-17(9-14(2)21-18)23-16-5-3-4-6-16/h7-9,11-12,16H,3-6,10H2,1-2H3. The second-order valence-electron chi connectivity index (χ2n) is 6.28. The van der Waals surface area contributed by atoms with Crippen LogP contribution in [-0.4, -0.2) is 21.9 Å². The second-order valence-corrected chi connectivity index (χ2v) is 6.28. The molecule has 23 heavy (non-hydrogen) atoms. The molecule has 1 fully saturated rings. The van der Waals surface area contributed by atoms with E-state index in [4.69, 9.17) is 4.74 Å². The summed E-state index contributed by atoms with van der Waals surface area (Å²) in [7, 11) is 0. The van der Waals surface area contributed by atoms with Crippen molar-refractivity contribution < 1.29 is 9.53 Å². The van der Waals surface area contributed by atoms with Crippen LogP contribution < -0.4 is 4.74 Å². The van der Waals surface area contributed by atoms with Gasteiger partial charge >= 0.3 is 0 Å². The second kappa shape index (κ2) is 6.90. The largest absolute Gasteiger partial charge is 0.490 e. The van der Waals surface area contributed by atoms with Crippen LogP contribution in [0, 0.1) is 13.8 Å². The Kier molecular flexibility index (Phi) is 4.70. The number of hydrogen-bond acceptors (Lipinski definition) is 4. The number of nitrogens with zero attached hydrogens (tertiary/aromatic N) is 2. The highest BCUT2D eigenvalue weighted by atomic mass is 16.5. The first kappa shape index (κ1) is 15.7. The summed E-state index contributed by atoms with van der Waals surface area (Å²) in [4.78, 5) is 21.1. The van der Waals surface area contributed by atoms with Gasteiger partial charge in [-0.1, -0.05) is 6.07 Å². The third-order valence-corrected chi connectivity index (χ3v) is 4.13. The molecule has 0 unspecified atom stereocenters. The van der Waals surface area contributed by atoms with Crippen LogP contribution in [0.1, 0.15) is 53.1 Å². The molecule has 0 radical (unpaired) electrons. The highest BCUT2D eigenvalue weighted by Crippen LogP contribution is 2.25. The Morgan fingerprint density at radius 3 is 2.70 bits per heavy atom. The van der Waals surface area contributed by atoms with Crippen molar-refractivity contribution in [2.75, 3.05) is 0 Å². The summed E-state index contributed by atoms with van der Waals surface area (Å²) in [5.74, 6) is 0.728. The maximum atomic E-state index is 12.5. The van der Waals surface area contributed by atoms with E-state index in [9.17, 15) is 4.79 Å². The van der Waals surface area contributed by atoms with Crippen molar-refractivity contribution >= 4 is 5.78 Å². The molecule has 0 amide bonds. The first-order valence-corrected chi connectivity index (χ1v) is 8.20. The minimum atomic E-state index is -0.0266. The lowest BCUT2D eigenvalue weighted by atomic mass is 10.1. The quantitative estimate of drug-likeness (QED) is 0.787. The number of pyridine rings is 2. The van der Waals surface area contributed by atoms with Crippen molar-refractivity contribution in [3.63, 3.8) is 0 Å². The zero-order valence-electron chi connectivity index (χ0n) is 13.7. The molecule has 2 aromatic heterocycles. The minimum absolute atomic E-state index is 0.0266. The van der Waals surface area contributed by atoms with Crippen LogP contribution in [0.4, 0.5) is 0 Å². The first-order valence-electron chi connectivity index (χ1n) is 8.20. The van der Waals surface area contributed by atoms with Crippen LogP contribution in [0.5, 0.6) is 5.75 Å². The fraction of sp³-hybridized carbons (Fsp3) is 0.421. The van der Waals surface area contributed by atoms with Gasteiger partial charge in [0, 0.05) is 29.7 Å². The van der Waals surface area contributed by atoms with E-state index in [1.807, 2.05) is 32.0 Å². The van der Waals surface area contributed by atoms with E-state index in [0.29, 0.717) is 5.69 Å². The zero-order valence-corrected chi connectivity index (χ0v) is 13.7. The number of hydrogen-bond donors (Lipinski definition) is 0. The molecule has 2 heterocycles. The SMILES string of the molecule is Cc1ccc(CC(=O)c2cc(OC3CCCC3)cc(C)n2)nc1. The van der Waals surface area contributed by atoms with Crippen LogP contribution in [0.25, 0.3) is 0 Å². The summed E-state index contributed by atoms with van der Waals surface area (Å²) in [6.07, 6.45) is 6.95. The molecule has 2 aromatic rings. The number of aromatic nitrogens is 2. The molecule has 4 heteroatoms. The van der Waals surface area contributed by atoms with Gasteiger partial charge in [-0.05, 0) is 51.2 Å². The molecule has 0 spiro atoms. The molecule has 0 atom stereocenters. The van der Waals surface area contributed by atoms with E-state index in [-0.39, 0.29) is 18.3 Å². The lowest BCUT2D eigenvalue weighted by molar-refractivity contribution is 0.0986. The normalized spacial score (nSPS) is 14.9. The lowest BCUT2D eigenvalue weighted by Crippen LogP contribution is -2.13. The third-order valence-electron chi connectivity index (χ3n) is 4.13. The number of aryl methyl sites for hydroxylation is 2. The van der Waals surface area contributed by atoms with Crippen LogP contribution in [0.15, 0.2) is 30.5 Å². The van der Waals surface area contributed by atoms with Crippen LogP contribution in [0.2, 0.25) is 0 Å². The highest BCUT2D eigenvalue weighted by Gasteiger charge is 2.18. The van der Waals surface area contributed by atoms with Crippen LogP contribution in [0.3, 0.4) is 0 Å². The molecule has 1 saturated carbocycles. The topological polar surface area (TPSA) is 52.1 Å². The van der Waals surface area contributed by atoms with Gasteiger partial charge in [0.05, 0.1) is 12.5 Å². The molecule has 4 nitrogen and oxygen atoms in total. The smallest absolute Gasteiger partial charge is 0.187 e. The Morgan fingerprint density at radius 1 is 1.22 bits per heavy atom. The molecule has 0 aliphatic heterocycles. The van der Waals surface area contributed by atoms with Gasteiger partial charge in [-0.15, -0.1) is 0 Å². The van der Waals surface area contributed by atoms with E-state index < -0.39 is 0 Å². The predicted octanol–water partition coefficient (Wildman–Crippen LogP) is 3.84. The van der Waals surface area contributed by atoms with Crippen LogP contribution >= 0.6 is 0 Å². The molecule has 0 saturated heterocycles. The van der Waals surface area contributed by atoms with E-state index in [0.717, 1.165) is 35.5 Å². The predicted molar refractivity (Wildman–Crippen MR) is 88.9 cm³/mol. The number of carbonyl (C=O) groups excluding carboxylic acids is 1. The molecule has 1 aliphatic rings. The molecule has 1 aliphatic carbocycles. The molecule has 0 aromatic carbocycles.